The van der Waals surface area contributed by atoms with Gasteiger partial charge in [-0.15, -0.1) is 0 Å². The zero-order valence-corrected chi connectivity index (χ0v) is 10.1. The van der Waals surface area contributed by atoms with Gasteiger partial charge in [-0.1, -0.05) is 13.3 Å². The fourth-order valence-electron chi connectivity index (χ4n) is 1.39. The van der Waals surface area contributed by atoms with Gasteiger partial charge in [-0.05, 0) is 20.3 Å². The Morgan fingerprint density at radius 1 is 1.12 bits per heavy atom. The number of hydrogen-bond donors (Lipinski definition) is 1. The van der Waals surface area contributed by atoms with Crippen LogP contribution in [0.3, 0.4) is 0 Å². The summed E-state index contributed by atoms with van der Waals surface area (Å²) in [7, 11) is 0. The third-order valence-corrected chi connectivity index (χ3v) is 2.06. The molecule has 0 fully saturated rings. The minimum Gasteiger partial charge on any atom is -0.466 e. The first-order valence-corrected chi connectivity index (χ1v) is 5.55. The molecule has 0 aliphatic rings. The average molecular weight is 232 g/mol. The summed E-state index contributed by atoms with van der Waals surface area (Å²) in [6.07, 6.45) is 0.410. The maximum atomic E-state index is 11.5. The number of esters is 2. The van der Waals surface area contributed by atoms with Crippen LogP contribution < -0.4 is 0 Å². The Morgan fingerprint density at radius 2 is 1.69 bits per heavy atom. The van der Waals surface area contributed by atoms with Crippen molar-refractivity contribution >= 4 is 11.9 Å². The lowest BCUT2D eigenvalue weighted by Crippen LogP contribution is -2.42. The van der Waals surface area contributed by atoms with E-state index in [9.17, 15) is 14.7 Å². The number of hydrogen-bond acceptors (Lipinski definition) is 5. The standard InChI is InChI=1S/C11H20O5/c1-4-7-11(14,10(13)16-6-3)8-9(12)15-5-2/h14H,4-8H2,1-3H3. The molecule has 94 valence electrons. The highest BCUT2D eigenvalue weighted by Gasteiger charge is 2.39. The predicted octanol–water partition coefficient (Wildman–Crippen LogP) is 1.03. The zero-order chi connectivity index (χ0) is 12.6. The lowest BCUT2D eigenvalue weighted by atomic mass is 9.94. The second kappa shape index (κ2) is 7.22. The van der Waals surface area contributed by atoms with E-state index in [-0.39, 0.29) is 26.1 Å². The van der Waals surface area contributed by atoms with Crippen LogP contribution in [0, 0.1) is 0 Å². The van der Waals surface area contributed by atoms with E-state index in [1.165, 1.54) is 0 Å². The van der Waals surface area contributed by atoms with Gasteiger partial charge in [-0.2, -0.15) is 0 Å². The molecule has 0 radical (unpaired) electrons. The Hall–Kier alpha value is -1.10. The Morgan fingerprint density at radius 3 is 2.12 bits per heavy atom. The van der Waals surface area contributed by atoms with E-state index in [4.69, 9.17) is 9.47 Å². The van der Waals surface area contributed by atoms with Crippen molar-refractivity contribution < 1.29 is 24.2 Å². The first-order valence-electron chi connectivity index (χ1n) is 5.55. The summed E-state index contributed by atoms with van der Waals surface area (Å²) >= 11 is 0. The SMILES string of the molecule is CCCC(O)(CC(=O)OCC)C(=O)OCC. The second-order valence-electron chi connectivity index (χ2n) is 3.48. The molecule has 0 saturated heterocycles. The Bertz CT molecular complexity index is 239. The van der Waals surface area contributed by atoms with E-state index in [1.807, 2.05) is 6.92 Å². The van der Waals surface area contributed by atoms with E-state index in [0.717, 1.165) is 0 Å². The monoisotopic (exact) mass is 232 g/mol. The largest absolute Gasteiger partial charge is 0.466 e. The summed E-state index contributed by atoms with van der Waals surface area (Å²) in [6.45, 7) is 5.53. The zero-order valence-electron chi connectivity index (χ0n) is 10.1. The summed E-state index contributed by atoms with van der Waals surface area (Å²) < 4.78 is 9.45. The van der Waals surface area contributed by atoms with Crippen LogP contribution in [0.4, 0.5) is 0 Å². The van der Waals surface area contributed by atoms with Crippen LogP contribution in [-0.4, -0.2) is 35.9 Å². The van der Waals surface area contributed by atoms with Crippen molar-refractivity contribution in [3.8, 4) is 0 Å². The third kappa shape index (κ3) is 4.61. The van der Waals surface area contributed by atoms with Crippen molar-refractivity contribution in [3.05, 3.63) is 0 Å². The van der Waals surface area contributed by atoms with Crippen LogP contribution in [0.2, 0.25) is 0 Å². The molecule has 0 heterocycles. The van der Waals surface area contributed by atoms with Crippen molar-refractivity contribution in [2.45, 2.75) is 45.6 Å². The molecule has 0 aromatic carbocycles. The minimum absolute atomic E-state index is 0.174. The molecule has 1 N–H and O–H groups in total. The Balaban J connectivity index is 4.54. The summed E-state index contributed by atoms with van der Waals surface area (Å²) in [4.78, 5) is 22.8. The second-order valence-corrected chi connectivity index (χ2v) is 3.48. The van der Waals surface area contributed by atoms with Crippen molar-refractivity contribution in [1.82, 2.24) is 0 Å². The number of ether oxygens (including phenoxy) is 2. The Labute approximate surface area is 95.7 Å². The van der Waals surface area contributed by atoms with Crippen LogP contribution in [0.15, 0.2) is 0 Å². The molecule has 16 heavy (non-hydrogen) atoms. The van der Waals surface area contributed by atoms with Crippen LogP contribution in [0.1, 0.15) is 40.0 Å². The number of carbonyl (C=O) groups excluding carboxylic acids is 2. The summed E-state index contributed by atoms with van der Waals surface area (Å²) in [5.74, 6) is -1.35. The number of rotatable bonds is 7. The first-order chi connectivity index (χ1) is 7.50. The molecule has 0 saturated carbocycles. The molecule has 0 bridgehead atoms. The highest BCUT2D eigenvalue weighted by atomic mass is 16.6. The van der Waals surface area contributed by atoms with Crippen LogP contribution in [0.5, 0.6) is 0 Å². The van der Waals surface area contributed by atoms with Crippen molar-refractivity contribution in [2.75, 3.05) is 13.2 Å². The van der Waals surface area contributed by atoms with E-state index in [1.54, 1.807) is 13.8 Å². The van der Waals surface area contributed by atoms with Gasteiger partial charge < -0.3 is 14.6 Å². The summed E-state index contributed by atoms with van der Waals surface area (Å²) in [5.41, 5.74) is -1.75. The fraction of sp³-hybridized carbons (Fsp3) is 0.818. The minimum atomic E-state index is -1.75. The van der Waals surface area contributed by atoms with Gasteiger partial charge in [-0.3, -0.25) is 4.79 Å². The summed E-state index contributed by atoms with van der Waals surface area (Å²) in [6, 6.07) is 0. The normalized spacial score (nSPS) is 14.0. The molecular weight excluding hydrogens is 212 g/mol. The molecule has 0 spiro atoms. The van der Waals surface area contributed by atoms with E-state index in [2.05, 4.69) is 0 Å². The predicted molar refractivity (Wildman–Crippen MR) is 57.7 cm³/mol. The molecule has 0 rings (SSSR count). The van der Waals surface area contributed by atoms with E-state index >= 15 is 0 Å². The van der Waals surface area contributed by atoms with Crippen LogP contribution >= 0.6 is 0 Å². The van der Waals surface area contributed by atoms with Gasteiger partial charge in [0.2, 0.25) is 0 Å². The molecule has 0 aromatic rings. The molecule has 0 aromatic heterocycles. The van der Waals surface area contributed by atoms with Crippen molar-refractivity contribution in [1.29, 1.82) is 0 Å². The lowest BCUT2D eigenvalue weighted by molar-refractivity contribution is -0.172. The van der Waals surface area contributed by atoms with Gasteiger partial charge in [0.05, 0.1) is 19.6 Å². The maximum absolute atomic E-state index is 11.5. The highest BCUT2D eigenvalue weighted by Crippen LogP contribution is 2.20. The van der Waals surface area contributed by atoms with Crippen molar-refractivity contribution in [3.63, 3.8) is 0 Å². The molecule has 0 aliphatic carbocycles. The molecule has 0 amide bonds. The van der Waals surface area contributed by atoms with Gasteiger partial charge in [0.1, 0.15) is 0 Å². The average Bonchev–Trinajstić information content (AvgIpc) is 2.18. The van der Waals surface area contributed by atoms with Gasteiger partial charge in [-0.25, -0.2) is 4.79 Å². The topological polar surface area (TPSA) is 72.8 Å². The molecule has 5 nitrogen and oxygen atoms in total. The van der Waals surface area contributed by atoms with Crippen LogP contribution in [0.25, 0.3) is 0 Å². The van der Waals surface area contributed by atoms with Crippen molar-refractivity contribution in [2.24, 2.45) is 0 Å². The quantitative estimate of drug-likeness (QED) is 0.664. The van der Waals surface area contributed by atoms with Gasteiger partial charge in [0.25, 0.3) is 0 Å². The first kappa shape index (κ1) is 14.9. The van der Waals surface area contributed by atoms with Gasteiger partial charge in [0.15, 0.2) is 5.60 Å². The fourth-order valence-corrected chi connectivity index (χ4v) is 1.39. The smallest absolute Gasteiger partial charge is 0.338 e. The number of aliphatic hydroxyl groups is 1. The number of carbonyl (C=O) groups is 2. The molecule has 5 heteroatoms. The van der Waals surface area contributed by atoms with Crippen LogP contribution in [-0.2, 0) is 19.1 Å². The van der Waals surface area contributed by atoms with E-state index in [0.29, 0.717) is 6.42 Å². The third-order valence-electron chi connectivity index (χ3n) is 2.06. The molecular formula is C11H20O5. The highest BCUT2D eigenvalue weighted by molar-refractivity contribution is 5.85. The van der Waals surface area contributed by atoms with Gasteiger partial charge >= 0.3 is 11.9 Å². The van der Waals surface area contributed by atoms with E-state index < -0.39 is 17.5 Å². The lowest BCUT2D eigenvalue weighted by Gasteiger charge is -2.24. The maximum Gasteiger partial charge on any atom is 0.338 e. The molecule has 1 unspecified atom stereocenters. The molecule has 0 aliphatic heterocycles. The summed E-state index contributed by atoms with van der Waals surface area (Å²) in [5, 5.41) is 10.0. The van der Waals surface area contributed by atoms with Gasteiger partial charge in [0, 0.05) is 0 Å². The Kier molecular flexibility index (Phi) is 6.72. The molecule has 1 atom stereocenters.